The van der Waals surface area contributed by atoms with Crippen molar-refractivity contribution in [3.63, 3.8) is 0 Å². The summed E-state index contributed by atoms with van der Waals surface area (Å²) in [5.41, 5.74) is 4.74. The first-order valence-electron chi connectivity index (χ1n) is 8.05. The molecule has 0 fully saturated rings. The molecule has 2 amide bonds. The molecule has 1 aliphatic carbocycles. The molecule has 23 heavy (non-hydrogen) atoms. The number of hydrogen-bond donors (Lipinski definition) is 3. The minimum absolute atomic E-state index is 0.0637. The van der Waals surface area contributed by atoms with E-state index < -0.39 is 11.9 Å². The Labute approximate surface area is 136 Å². The van der Waals surface area contributed by atoms with Crippen molar-refractivity contribution in [2.45, 2.75) is 45.6 Å². The van der Waals surface area contributed by atoms with E-state index in [0.29, 0.717) is 5.75 Å². The van der Waals surface area contributed by atoms with Gasteiger partial charge in [0, 0.05) is 0 Å². The Morgan fingerprint density at radius 3 is 2.57 bits per heavy atom. The van der Waals surface area contributed by atoms with Gasteiger partial charge in [-0.1, -0.05) is 19.9 Å². The predicted octanol–water partition coefficient (Wildman–Crippen LogP) is 1.07. The van der Waals surface area contributed by atoms with Crippen LogP contribution in [0.15, 0.2) is 18.2 Å². The maximum absolute atomic E-state index is 12.0. The minimum Gasteiger partial charge on any atom is -0.484 e. The summed E-state index contributed by atoms with van der Waals surface area (Å²) >= 11 is 0. The molecule has 0 spiro atoms. The topological polar surface area (TPSA) is 93.4 Å². The van der Waals surface area contributed by atoms with Gasteiger partial charge in [-0.2, -0.15) is 0 Å². The Kier molecular flexibility index (Phi) is 5.98. The van der Waals surface area contributed by atoms with Crippen LogP contribution in [-0.4, -0.2) is 24.5 Å². The van der Waals surface area contributed by atoms with E-state index in [-0.39, 0.29) is 18.4 Å². The summed E-state index contributed by atoms with van der Waals surface area (Å²) in [5.74, 6) is 5.00. The molecule has 1 aromatic rings. The maximum atomic E-state index is 12.0. The average Bonchev–Trinajstić information content (AvgIpc) is 2.56. The molecular formula is C17H25N3O3. The van der Waals surface area contributed by atoms with Crippen LogP contribution in [0.25, 0.3) is 0 Å². The number of hydrazine groups is 1. The van der Waals surface area contributed by atoms with E-state index in [9.17, 15) is 9.59 Å². The second-order valence-corrected chi connectivity index (χ2v) is 6.22. The Bertz CT molecular complexity index is 572. The van der Waals surface area contributed by atoms with Gasteiger partial charge in [-0.05, 0) is 54.9 Å². The zero-order chi connectivity index (χ0) is 16.8. The fourth-order valence-electron chi connectivity index (χ4n) is 2.79. The molecule has 2 rings (SSSR count). The number of ether oxygens (including phenoxy) is 1. The number of nitrogens with one attached hydrogen (secondary N) is 2. The standard InChI is InChI=1S/C17H25N3O3/c1-11(2)16(17(22)20-18)19-15(21)10-23-14-8-7-12-5-3-4-6-13(12)9-14/h7-9,11,16H,3-6,10,18H2,1-2H3,(H,19,21)(H,20,22). The molecule has 1 aromatic carbocycles. The minimum atomic E-state index is -0.667. The third-order valence-corrected chi connectivity index (χ3v) is 4.10. The van der Waals surface area contributed by atoms with Gasteiger partial charge in [0.25, 0.3) is 11.8 Å². The fraction of sp³-hybridized carbons (Fsp3) is 0.529. The quantitative estimate of drug-likeness (QED) is 0.415. The normalized spacial score (nSPS) is 14.8. The van der Waals surface area contributed by atoms with Crippen LogP contribution in [0.4, 0.5) is 0 Å². The van der Waals surface area contributed by atoms with Crippen LogP contribution in [0, 0.1) is 5.92 Å². The molecule has 0 heterocycles. The van der Waals surface area contributed by atoms with Gasteiger partial charge in [-0.25, -0.2) is 5.84 Å². The smallest absolute Gasteiger partial charge is 0.258 e. The molecular weight excluding hydrogens is 294 g/mol. The Morgan fingerprint density at radius 1 is 1.22 bits per heavy atom. The molecule has 0 saturated carbocycles. The van der Waals surface area contributed by atoms with E-state index >= 15 is 0 Å². The van der Waals surface area contributed by atoms with Gasteiger partial charge < -0.3 is 10.1 Å². The Morgan fingerprint density at radius 2 is 1.91 bits per heavy atom. The summed E-state index contributed by atoms with van der Waals surface area (Å²) in [6.07, 6.45) is 4.60. The molecule has 0 aliphatic heterocycles. The van der Waals surface area contributed by atoms with E-state index in [4.69, 9.17) is 10.6 Å². The van der Waals surface area contributed by atoms with Gasteiger partial charge in [0.05, 0.1) is 0 Å². The molecule has 1 unspecified atom stereocenters. The van der Waals surface area contributed by atoms with Crippen molar-refractivity contribution < 1.29 is 14.3 Å². The molecule has 4 N–H and O–H groups in total. The summed E-state index contributed by atoms with van der Waals surface area (Å²) < 4.78 is 5.55. The average molecular weight is 319 g/mol. The summed E-state index contributed by atoms with van der Waals surface area (Å²) in [7, 11) is 0. The van der Waals surface area contributed by atoms with Crippen molar-refractivity contribution in [3.05, 3.63) is 29.3 Å². The van der Waals surface area contributed by atoms with Crippen molar-refractivity contribution in [2.75, 3.05) is 6.61 Å². The molecule has 0 aromatic heterocycles. The lowest BCUT2D eigenvalue weighted by Gasteiger charge is -2.21. The van der Waals surface area contributed by atoms with Gasteiger partial charge in [0.1, 0.15) is 11.8 Å². The largest absolute Gasteiger partial charge is 0.484 e. The zero-order valence-electron chi connectivity index (χ0n) is 13.7. The summed E-state index contributed by atoms with van der Waals surface area (Å²) in [6, 6.07) is 5.30. The Hall–Kier alpha value is -2.08. The van der Waals surface area contributed by atoms with Crippen LogP contribution >= 0.6 is 0 Å². The number of carbonyl (C=O) groups excluding carboxylic acids is 2. The SMILES string of the molecule is CC(C)C(NC(=O)COc1ccc2c(c1)CCCC2)C(=O)NN. The van der Waals surface area contributed by atoms with Gasteiger partial charge >= 0.3 is 0 Å². The molecule has 126 valence electrons. The molecule has 6 nitrogen and oxygen atoms in total. The Balaban J connectivity index is 1.90. The lowest BCUT2D eigenvalue weighted by Crippen LogP contribution is -2.52. The van der Waals surface area contributed by atoms with Crippen molar-refractivity contribution in [2.24, 2.45) is 11.8 Å². The van der Waals surface area contributed by atoms with Gasteiger partial charge in [-0.3, -0.25) is 15.0 Å². The fourth-order valence-corrected chi connectivity index (χ4v) is 2.79. The molecule has 6 heteroatoms. The first-order chi connectivity index (χ1) is 11.0. The van der Waals surface area contributed by atoms with Gasteiger partial charge in [0.15, 0.2) is 6.61 Å². The second kappa shape index (κ2) is 7.97. The molecule has 0 radical (unpaired) electrons. The number of benzene rings is 1. The van der Waals surface area contributed by atoms with Crippen molar-refractivity contribution >= 4 is 11.8 Å². The van der Waals surface area contributed by atoms with Crippen LogP contribution in [0.1, 0.15) is 37.8 Å². The number of hydrogen-bond acceptors (Lipinski definition) is 4. The van der Waals surface area contributed by atoms with E-state index in [1.807, 2.05) is 26.0 Å². The number of rotatable bonds is 6. The lowest BCUT2D eigenvalue weighted by molar-refractivity contribution is -0.131. The number of nitrogens with two attached hydrogens (primary N) is 1. The van der Waals surface area contributed by atoms with Crippen LogP contribution in [0.2, 0.25) is 0 Å². The lowest BCUT2D eigenvalue weighted by atomic mass is 9.92. The number of carbonyl (C=O) groups is 2. The number of fused-ring (bicyclic) bond motifs is 1. The van der Waals surface area contributed by atoms with Crippen LogP contribution in [0.5, 0.6) is 5.75 Å². The third-order valence-electron chi connectivity index (χ3n) is 4.10. The van der Waals surface area contributed by atoms with E-state index in [1.165, 1.54) is 24.0 Å². The van der Waals surface area contributed by atoms with E-state index in [0.717, 1.165) is 12.8 Å². The highest BCUT2D eigenvalue weighted by Crippen LogP contribution is 2.25. The monoisotopic (exact) mass is 319 g/mol. The third kappa shape index (κ3) is 4.69. The van der Waals surface area contributed by atoms with Crippen LogP contribution in [0.3, 0.4) is 0 Å². The van der Waals surface area contributed by atoms with Crippen LogP contribution < -0.4 is 21.3 Å². The molecule has 1 aliphatic rings. The number of aryl methyl sites for hydroxylation is 2. The van der Waals surface area contributed by atoms with Gasteiger partial charge in [0.2, 0.25) is 0 Å². The molecule has 0 bridgehead atoms. The zero-order valence-corrected chi connectivity index (χ0v) is 13.7. The highest BCUT2D eigenvalue weighted by Gasteiger charge is 2.23. The first kappa shape index (κ1) is 17.3. The highest BCUT2D eigenvalue weighted by atomic mass is 16.5. The summed E-state index contributed by atoms with van der Waals surface area (Å²) in [6.45, 7) is 3.55. The number of amides is 2. The maximum Gasteiger partial charge on any atom is 0.258 e. The second-order valence-electron chi connectivity index (χ2n) is 6.22. The van der Waals surface area contributed by atoms with Gasteiger partial charge in [-0.15, -0.1) is 0 Å². The van der Waals surface area contributed by atoms with E-state index in [2.05, 4.69) is 16.8 Å². The first-order valence-corrected chi connectivity index (χ1v) is 8.05. The predicted molar refractivity (Wildman–Crippen MR) is 87.7 cm³/mol. The van der Waals surface area contributed by atoms with E-state index in [1.54, 1.807) is 0 Å². The molecule has 1 atom stereocenters. The van der Waals surface area contributed by atoms with Crippen molar-refractivity contribution in [1.29, 1.82) is 0 Å². The summed E-state index contributed by atoms with van der Waals surface area (Å²) in [5, 5.41) is 2.64. The van der Waals surface area contributed by atoms with Crippen LogP contribution in [-0.2, 0) is 22.4 Å². The molecule has 0 saturated heterocycles. The summed E-state index contributed by atoms with van der Waals surface area (Å²) in [4.78, 5) is 23.6. The highest BCUT2D eigenvalue weighted by molar-refractivity contribution is 5.88. The van der Waals surface area contributed by atoms with Crippen molar-refractivity contribution in [3.8, 4) is 5.75 Å². The van der Waals surface area contributed by atoms with Crippen molar-refractivity contribution in [1.82, 2.24) is 10.7 Å².